The van der Waals surface area contributed by atoms with Gasteiger partial charge in [-0.15, -0.1) is 11.3 Å². The lowest BCUT2D eigenvalue weighted by molar-refractivity contribution is 0.0700. The van der Waals surface area contributed by atoms with Gasteiger partial charge >= 0.3 is 6.09 Å². The van der Waals surface area contributed by atoms with Gasteiger partial charge in [-0.25, -0.2) is 9.78 Å². The average Bonchev–Trinajstić information content (AvgIpc) is 3.17. The molecule has 1 aromatic heterocycles. The van der Waals surface area contributed by atoms with Gasteiger partial charge in [0.05, 0.1) is 15.9 Å². The maximum Gasteiger partial charge on any atom is 0.412 e. The van der Waals surface area contributed by atoms with Gasteiger partial charge in [0.15, 0.2) is 11.5 Å². The Hall–Kier alpha value is -3.10. The van der Waals surface area contributed by atoms with Crippen LogP contribution in [-0.4, -0.2) is 46.6 Å². The lowest BCUT2D eigenvalue weighted by atomic mass is 10.0. The minimum absolute atomic E-state index is 0.101. The van der Waals surface area contributed by atoms with Gasteiger partial charge in [0.1, 0.15) is 11.3 Å². The van der Waals surface area contributed by atoms with Gasteiger partial charge < -0.3 is 19.7 Å². The summed E-state index contributed by atoms with van der Waals surface area (Å²) in [5.74, 6) is 1.77. The number of hydrogen-bond donors (Lipinski definition) is 1. The fourth-order valence-electron chi connectivity index (χ4n) is 5.59. The van der Waals surface area contributed by atoms with Crippen molar-refractivity contribution in [2.45, 2.75) is 45.3 Å². The number of hydrogen-bond acceptors (Lipinski definition) is 6. The van der Waals surface area contributed by atoms with Crippen LogP contribution in [0, 0.1) is 18.8 Å². The van der Waals surface area contributed by atoms with E-state index in [1.807, 2.05) is 62.1 Å². The molecule has 1 saturated carbocycles. The van der Waals surface area contributed by atoms with Gasteiger partial charge in [-0.1, -0.05) is 35.9 Å². The van der Waals surface area contributed by atoms with Crippen LogP contribution in [0.2, 0.25) is 5.02 Å². The molecule has 0 radical (unpaired) electrons. The highest BCUT2D eigenvalue weighted by Crippen LogP contribution is 2.50. The summed E-state index contributed by atoms with van der Waals surface area (Å²) in [5, 5.41) is 4.33. The molecular weight excluding hydrogens is 510 g/mol. The van der Waals surface area contributed by atoms with E-state index in [9.17, 15) is 9.59 Å². The van der Waals surface area contributed by atoms with Crippen LogP contribution in [0.5, 0.6) is 11.5 Å². The maximum atomic E-state index is 13.7. The van der Waals surface area contributed by atoms with E-state index >= 15 is 0 Å². The lowest BCUT2D eigenvalue weighted by Gasteiger charge is -2.27. The lowest BCUT2D eigenvalue weighted by Crippen LogP contribution is -2.46. The van der Waals surface area contributed by atoms with Crippen molar-refractivity contribution in [3.05, 3.63) is 63.8 Å². The number of halogens is 1. The summed E-state index contributed by atoms with van der Waals surface area (Å²) in [6.07, 6.45) is 1.27. The van der Waals surface area contributed by atoms with Crippen molar-refractivity contribution in [2.24, 2.45) is 11.8 Å². The largest absolute Gasteiger partial charge is 0.483 e. The Labute approximate surface area is 224 Å². The first kappa shape index (κ1) is 24.2. The standard InChI is InChI=1S/C28H28ClN3O4S/c1-15-31-23(25(37-15)16-6-4-8-19(29)10-16)26(33)32-14-18-11-20(18)21(32)13-30-27(34)35-22-9-5-7-17-12-28(2,3)36-24(17)22/h4-10,18,20-21H,11-14H2,1-3H3,(H,30,34)/t18-,20-,21+/m0/s1. The molecule has 7 nitrogen and oxygen atoms in total. The Morgan fingerprint density at radius 3 is 2.89 bits per heavy atom. The fourth-order valence-corrected chi connectivity index (χ4v) is 6.69. The van der Waals surface area contributed by atoms with Crippen molar-refractivity contribution >= 4 is 34.9 Å². The van der Waals surface area contributed by atoms with Crippen molar-refractivity contribution in [3.63, 3.8) is 0 Å². The van der Waals surface area contributed by atoms with E-state index in [0.717, 1.165) is 33.9 Å². The minimum atomic E-state index is -0.553. The summed E-state index contributed by atoms with van der Waals surface area (Å²) < 4.78 is 11.6. The zero-order valence-electron chi connectivity index (χ0n) is 20.9. The van der Waals surface area contributed by atoms with E-state index in [2.05, 4.69) is 10.3 Å². The summed E-state index contributed by atoms with van der Waals surface area (Å²) in [5.41, 5.74) is 2.02. The van der Waals surface area contributed by atoms with E-state index in [1.54, 1.807) is 6.07 Å². The van der Waals surface area contributed by atoms with Gasteiger partial charge in [-0.2, -0.15) is 0 Å². The molecule has 6 rings (SSSR count). The number of piperidine rings is 1. The number of aromatic nitrogens is 1. The van der Waals surface area contributed by atoms with Gasteiger partial charge in [0.2, 0.25) is 0 Å². The summed E-state index contributed by atoms with van der Waals surface area (Å²) in [7, 11) is 0. The molecule has 2 aliphatic heterocycles. The first-order chi connectivity index (χ1) is 17.7. The average molecular weight is 538 g/mol. The SMILES string of the molecule is Cc1nc(C(=O)N2C[C@@H]3C[C@@H]3[C@H]2CNC(=O)Oc2cccc3c2OC(C)(C)C3)c(-c2cccc(Cl)c2)s1. The maximum absolute atomic E-state index is 13.7. The highest BCUT2D eigenvalue weighted by molar-refractivity contribution is 7.15. The second-order valence-corrected chi connectivity index (χ2v) is 12.3. The van der Waals surface area contributed by atoms with Crippen LogP contribution in [0.1, 0.15) is 41.3 Å². The molecule has 3 heterocycles. The predicted molar refractivity (Wildman–Crippen MR) is 143 cm³/mol. The van der Waals surface area contributed by atoms with E-state index in [0.29, 0.717) is 47.1 Å². The number of amides is 2. The minimum Gasteiger partial charge on any atom is -0.483 e. The number of rotatable bonds is 5. The van der Waals surface area contributed by atoms with E-state index in [-0.39, 0.29) is 17.6 Å². The second kappa shape index (κ2) is 9.03. The Balaban J connectivity index is 1.16. The molecule has 2 amide bonds. The van der Waals surface area contributed by atoms with Crippen LogP contribution < -0.4 is 14.8 Å². The molecule has 9 heteroatoms. The summed E-state index contributed by atoms with van der Waals surface area (Å²) in [6, 6.07) is 13.0. The van der Waals surface area contributed by atoms with Crippen LogP contribution in [0.25, 0.3) is 10.4 Å². The van der Waals surface area contributed by atoms with E-state index in [4.69, 9.17) is 21.1 Å². The molecule has 3 atom stereocenters. The van der Waals surface area contributed by atoms with Crippen molar-refractivity contribution in [2.75, 3.05) is 13.1 Å². The monoisotopic (exact) mass is 537 g/mol. The molecule has 3 aromatic rings. The van der Waals surface area contributed by atoms with Crippen LogP contribution in [0.4, 0.5) is 4.79 Å². The number of thiazole rings is 1. The normalized spacial score (nSPS) is 22.7. The molecule has 2 fully saturated rings. The van der Waals surface area contributed by atoms with Crippen molar-refractivity contribution < 1.29 is 19.1 Å². The fraction of sp³-hybridized carbons (Fsp3) is 0.393. The van der Waals surface area contributed by atoms with Crippen molar-refractivity contribution in [1.29, 1.82) is 0 Å². The summed E-state index contributed by atoms with van der Waals surface area (Å²) >= 11 is 7.70. The highest BCUT2D eigenvalue weighted by atomic mass is 35.5. The summed E-state index contributed by atoms with van der Waals surface area (Å²) in [6.45, 7) is 6.91. The molecule has 3 aliphatic rings. The number of aryl methyl sites for hydroxylation is 1. The zero-order chi connectivity index (χ0) is 25.9. The molecule has 1 aliphatic carbocycles. The number of fused-ring (bicyclic) bond motifs is 2. The molecule has 1 N–H and O–H groups in total. The number of likely N-dealkylation sites (tertiary alicyclic amines) is 1. The first-order valence-electron chi connectivity index (χ1n) is 12.5. The van der Waals surface area contributed by atoms with Crippen molar-refractivity contribution in [1.82, 2.24) is 15.2 Å². The Bertz CT molecular complexity index is 1400. The molecule has 192 valence electrons. The smallest absolute Gasteiger partial charge is 0.412 e. The highest BCUT2D eigenvalue weighted by Gasteiger charge is 2.54. The Kier molecular flexibility index (Phi) is 5.92. The number of carbonyl (C=O) groups excluding carboxylic acids is 2. The third-order valence-corrected chi connectivity index (χ3v) is 8.56. The van der Waals surface area contributed by atoms with Crippen LogP contribution in [0.15, 0.2) is 42.5 Å². The molecule has 37 heavy (non-hydrogen) atoms. The molecule has 0 spiro atoms. The number of carbonyl (C=O) groups is 2. The third kappa shape index (κ3) is 4.68. The first-order valence-corrected chi connectivity index (χ1v) is 13.7. The summed E-state index contributed by atoms with van der Waals surface area (Å²) in [4.78, 5) is 33.7. The molecule has 0 bridgehead atoms. The number of ether oxygens (including phenoxy) is 2. The molecule has 1 saturated heterocycles. The Morgan fingerprint density at radius 2 is 2.08 bits per heavy atom. The van der Waals surface area contributed by atoms with Gasteiger partial charge in [-0.3, -0.25) is 4.79 Å². The number of nitrogens with zero attached hydrogens (tertiary/aromatic N) is 2. The van der Waals surface area contributed by atoms with Crippen molar-refractivity contribution in [3.8, 4) is 21.9 Å². The van der Waals surface area contributed by atoms with Crippen LogP contribution >= 0.6 is 22.9 Å². The zero-order valence-corrected chi connectivity index (χ0v) is 22.5. The number of para-hydroxylation sites is 1. The number of nitrogens with one attached hydrogen (secondary N) is 1. The van der Waals surface area contributed by atoms with E-state index < -0.39 is 6.09 Å². The molecule has 0 unspecified atom stereocenters. The van der Waals surface area contributed by atoms with Gasteiger partial charge in [-0.05, 0) is 62.8 Å². The predicted octanol–water partition coefficient (Wildman–Crippen LogP) is 5.73. The van der Waals surface area contributed by atoms with Crippen LogP contribution in [0.3, 0.4) is 0 Å². The number of benzene rings is 2. The topological polar surface area (TPSA) is 80.8 Å². The van der Waals surface area contributed by atoms with Crippen LogP contribution in [-0.2, 0) is 6.42 Å². The van der Waals surface area contributed by atoms with Gasteiger partial charge in [0.25, 0.3) is 5.91 Å². The molecule has 2 aromatic carbocycles. The Morgan fingerprint density at radius 1 is 1.27 bits per heavy atom. The quantitative estimate of drug-likeness (QED) is 0.449. The second-order valence-electron chi connectivity index (χ2n) is 10.7. The van der Waals surface area contributed by atoms with E-state index in [1.165, 1.54) is 11.3 Å². The molecular formula is C28H28ClN3O4S. The van der Waals surface area contributed by atoms with Gasteiger partial charge in [0, 0.05) is 30.1 Å². The third-order valence-electron chi connectivity index (χ3n) is 7.30.